The minimum atomic E-state index is -0.169. The molecule has 3 atom stereocenters. The molecule has 1 aliphatic heterocycles. The fraction of sp³-hybridized carbons (Fsp3) is 0.923. The summed E-state index contributed by atoms with van der Waals surface area (Å²) in [6, 6.07) is 0.150. The van der Waals surface area contributed by atoms with E-state index in [0.29, 0.717) is 11.7 Å². The fourth-order valence-corrected chi connectivity index (χ4v) is 2.98. The number of carbonyl (C=O) groups is 1. The van der Waals surface area contributed by atoms with Gasteiger partial charge in [-0.3, -0.25) is 9.69 Å². The van der Waals surface area contributed by atoms with Gasteiger partial charge < -0.3 is 5.11 Å². The standard InChI is InChI=1S/C13H23NO2/c1-10-9-14(8-7-12(10)15)11-5-3-2-4-6-13(11)16/h10-12,15H,2-9H2,1H3. The van der Waals surface area contributed by atoms with Crippen molar-refractivity contribution in [2.45, 2.75) is 57.6 Å². The number of carbonyl (C=O) groups excluding carboxylic acids is 1. The Balaban J connectivity index is 1.97. The van der Waals surface area contributed by atoms with Crippen LogP contribution >= 0.6 is 0 Å². The number of ketones is 1. The van der Waals surface area contributed by atoms with Gasteiger partial charge in [-0.1, -0.05) is 19.8 Å². The van der Waals surface area contributed by atoms with E-state index in [4.69, 9.17) is 0 Å². The van der Waals surface area contributed by atoms with Gasteiger partial charge in [0.25, 0.3) is 0 Å². The van der Waals surface area contributed by atoms with Gasteiger partial charge in [0.15, 0.2) is 0 Å². The number of hydrogen-bond acceptors (Lipinski definition) is 3. The second kappa shape index (κ2) is 5.28. The van der Waals surface area contributed by atoms with Crippen molar-refractivity contribution in [3.05, 3.63) is 0 Å². The summed E-state index contributed by atoms with van der Waals surface area (Å²) in [7, 11) is 0. The van der Waals surface area contributed by atoms with Crippen molar-refractivity contribution in [2.75, 3.05) is 13.1 Å². The Bertz CT molecular complexity index is 254. The fourth-order valence-electron chi connectivity index (χ4n) is 2.98. The highest BCUT2D eigenvalue weighted by atomic mass is 16.3. The maximum atomic E-state index is 12.0. The van der Waals surface area contributed by atoms with Crippen molar-refractivity contribution in [3.8, 4) is 0 Å². The summed E-state index contributed by atoms with van der Waals surface area (Å²) in [5, 5.41) is 9.70. The van der Waals surface area contributed by atoms with E-state index in [1.165, 1.54) is 12.8 Å². The lowest BCUT2D eigenvalue weighted by atomic mass is 9.93. The Hall–Kier alpha value is -0.410. The van der Waals surface area contributed by atoms with Crippen LogP contribution in [0.5, 0.6) is 0 Å². The van der Waals surface area contributed by atoms with Crippen LogP contribution in [0, 0.1) is 5.92 Å². The number of rotatable bonds is 1. The minimum Gasteiger partial charge on any atom is -0.393 e. The molecule has 3 nitrogen and oxygen atoms in total. The lowest BCUT2D eigenvalue weighted by molar-refractivity contribution is -0.125. The predicted octanol–water partition coefficient (Wildman–Crippen LogP) is 1.59. The van der Waals surface area contributed by atoms with Gasteiger partial charge in [-0.25, -0.2) is 0 Å². The number of aliphatic hydroxyl groups is 1. The summed E-state index contributed by atoms with van der Waals surface area (Å²) in [5.74, 6) is 0.742. The van der Waals surface area contributed by atoms with Crippen LogP contribution in [0.3, 0.4) is 0 Å². The lowest BCUT2D eigenvalue weighted by Crippen LogP contribution is -2.49. The van der Waals surface area contributed by atoms with Crippen LogP contribution in [-0.4, -0.2) is 41.0 Å². The summed E-state index contributed by atoms with van der Waals surface area (Å²) in [6.07, 6.45) is 5.90. The van der Waals surface area contributed by atoms with Crippen molar-refractivity contribution in [1.82, 2.24) is 4.90 Å². The van der Waals surface area contributed by atoms with E-state index >= 15 is 0 Å². The van der Waals surface area contributed by atoms with Gasteiger partial charge in [-0.05, 0) is 25.2 Å². The van der Waals surface area contributed by atoms with E-state index < -0.39 is 0 Å². The third-order valence-corrected chi connectivity index (χ3v) is 4.10. The summed E-state index contributed by atoms with van der Waals surface area (Å²) in [5.41, 5.74) is 0. The Morgan fingerprint density at radius 2 is 2.06 bits per heavy atom. The number of piperidine rings is 1. The lowest BCUT2D eigenvalue weighted by Gasteiger charge is -2.38. The molecule has 1 saturated heterocycles. The zero-order valence-corrected chi connectivity index (χ0v) is 10.2. The van der Waals surface area contributed by atoms with E-state index in [1.54, 1.807) is 0 Å². The first kappa shape index (κ1) is 12.1. The van der Waals surface area contributed by atoms with Gasteiger partial charge in [0.1, 0.15) is 5.78 Å². The largest absolute Gasteiger partial charge is 0.393 e. The number of likely N-dealkylation sites (tertiary alicyclic amines) is 1. The normalized spacial score (nSPS) is 38.4. The molecule has 0 bridgehead atoms. The van der Waals surface area contributed by atoms with E-state index in [-0.39, 0.29) is 12.1 Å². The molecular formula is C13H23NO2. The van der Waals surface area contributed by atoms with E-state index in [9.17, 15) is 9.90 Å². The molecule has 0 amide bonds. The summed E-state index contributed by atoms with van der Waals surface area (Å²) in [6.45, 7) is 3.86. The van der Waals surface area contributed by atoms with Crippen molar-refractivity contribution in [1.29, 1.82) is 0 Å². The van der Waals surface area contributed by atoms with E-state index in [2.05, 4.69) is 11.8 Å². The first-order valence-electron chi connectivity index (χ1n) is 6.63. The number of nitrogens with zero attached hydrogens (tertiary/aromatic N) is 1. The average Bonchev–Trinajstić information content (AvgIpc) is 2.47. The van der Waals surface area contributed by atoms with E-state index in [0.717, 1.165) is 38.8 Å². The van der Waals surface area contributed by atoms with Crippen LogP contribution in [0.2, 0.25) is 0 Å². The summed E-state index contributed by atoms with van der Waals surface area (Å²) in [4.78, 5) is 14.3. The topological polar surface area (TPSA) is 40.5 Å². The molecule has 1 N–H and O–H groups in total. The van der Waals surface area contributed by atoms with Gasteiger partial charge >= 0.3 is 0 Å². The van der Waals surface area contributed by atoms with Gasteiger partial charge in [-0.2, -0.15) is 0 Å². The number of hydrogen-bond donors (Lipinski definition) is 1. The Kier molecular flexibility index (Phi) is 3.98. The first-order chi connectivity index (χ1) is 7.68. The van der Waals surface area contributed by atoms with Crippen molar-refractivity contribution in [3.63, 3.8) is 0 Å². The van der Waals surface area contributed by atoms with Gasteiger partial charge in [0, 0.05) is 19.5 Å². The number of Topliss-reactive ketones (excluding diaryl/α,β-unsaturated/α-hetero) is 1. The molecule has 0 aromatic rings. The SMILES string of the molecule is CC1CN(C2CCCCCC2=O)CCC1O. The average molecular weight is 225 g/mol. The maximum absolute atomic E-state index is 12.0. The summed E-state index contributed by atoms with van der Waals surface area (Å²) < 4.78 is 0. The second-order valence-electron chi connectivity index (χ2n) is 5.41. The first-order valence-corrected chi connectivity index (χ1v) is 6.63. The van der Waals surface area contributed by atoms with Gasteiger partial charge in [0.2, 0.25) is 0 Å². The molecule has 16 heavy (non-hydrogen) atoms. The zero-order valence-electron chi connectivity index (χ0n) is 10.2. The molecule has 3 unspecified atom stereocenters. The molecule has 1 aliphatic carbocycles. The molecule has 2 fully saturated rings. The van der Waals surface area contributed by atoms with Gasteiger partial charge in [0.05, 0.1) is 12.1 Å². The van der Waals surface area contributed by atoms with Crippen LogP contribution < -0.4 is 0 Å². The van der Waals surface area contributed by atoms with Crippen LogP contribution in [0.15, 0.2) is 0 Å². The summed E-state index contributed by atoms with van der Waals surface area (Å²) >= 11 is 0. The number of aliphatic hydroxyl groups excluding tert-OH is 1. The molecule has 1 heterocycles. The third-order valence-electron chi connectivity index (χ3n) is 4.10. The molecule has 0 spiro atoms. The predicted molar refractivity (Wildman–Crippen MR) is 63.2 cm³/mol. The Morgan fingerprint density at radius 3 is 2.81 bits per heavy atom. The van der Waals surface area contributed by atoms with Crippen LogP contribution in [0.1, 0.15) is 45.4 Å². The molecule has 0 aromatic carbocycles. The minimum absolute atomic E-state index is 0.150. The monoisotopic (exact) mass is 225 g/mol. The molecule has 2 aliphatic rings. The second-order valence-corrected chi connectivity index (χ2v) is 5.41. The zero-order chi connectivity index (χ0) is 11.5. The highest BCUT2D eigenvalue weighted by Gasteiger charge is 2.32. The van der Waals surface area contributed by atoms with Crippen molar-refractivity contribution >= 4 is 5.78 Å². The van der Waals surface area contributed by atoms with E-state index in [1.807, 2.05) is 0 Å². The molecular weight excluding hydrogens is 202 g/mol. The van der Waals surface area contributed by atoms with Crippen molar-refractivity contribution in [2.24, 2.45) is 5.92 Å². The third kappa shape index (κ3) is 2.64. The highest BCUT2D eigenvalue weighted by molar-refractivity contribution is 5.84. The van der Waals surface area contributed by atoms with Gasteiger partial charge in [-0.15, -0.1) is 0 Å². The Labute approximate surface area is 97.8 Å². The molecule has 3 heteroatoms. The molecule has 2 rings (SSSR count). The van der Waals surface area contributed by atoms with Crippen LogP contribution in [0.25, 0.3) is 0 Å². The quantitative estimate of drug-likeness (QED) is 0.689. The molecule has 1 saturated carbocycles. The van der Waals surface area contributed by atoms with Crippen LogP contribution in [-0.2, 0) is 4.79 Å². The maximum Gasteiger partial charge on any atom is 0.149 e. The molecule has 0 radical (unpaired) electrons. The van der Waals surface area contributed by atoms with Crippen molar-refractivity contribution < 1.29 is 9.90 Å². The molecule has 92 valence electrons. The highest BCUT2D eigenvalue weighted by Crippen LogP contribution is 2.24. The van der Waals surface area contributed by atoms with Crippen LogP contribution in [0.4, 0.5) is 0 Å². The smallest absolute Gasteiger partial charge is 0.149 e. The molecule has 0 aromatic heterocycles. The Morgan fingerprint density at radius 1 is 1.25 bits per heavy atom.